The van der Waals surface area contributed by atoms with Crippen LogP contribution in [0.1, 0.15) is 19.8 Å². The first-order valence-electron chi connectivity index (χ1n) is 9.27. The van der Waals surface area contributed by atoms with Crippen molar-refractivity contribution in [3.63, 3.8) is 0 Å². The minimum atomic E-state index is -0.290. The van der Waals surface area contributed by atoms with E-state index in [0.29, 0.717) is 29.8 Å². The summed E-state index contributed by atoms with van der Waals surface area (Å²) in [5, 5.41) is 2.82. The second kappa shape index (κ2) is 7.22. The third kappa shape index (κ3) is 3.24. The summed E-state index contributed by atoms with van der Waals surface area (Å²) in [5.74, 6) is -0.198. The van der Waals surface area contributed by atoms with Crippen molar-refractivity contribution in [1.82, 2.24) is 19.1 Å². The van der Waals surface area contributed by atoms with Gasteiger partial charge in [0, 0.05) is 25.2 Å². The van der Waals surface area contributed by atoms with Crippen LogP contribution >= 0.6 is 0 Å². The number of nitrogens with one attached hydrogen (secondary N) is 3. The first-order valence-corrected chi connectivity index (χ1v) is 9.27. The largest absolute Gasteiger partial charge is 0.329 e. The molecular weight excluding hydrogens is 358 g/mol. The maximum atomic E-state index is 12.8. The van der Waals surface area contributed by atoms with Crippen molar-refractivity contribution in [2.75, 3.05) is 5.32 Å². The van der Waals surface area contributed by atoms with Crippen molar-refractivity contribution >= 4 is 33.7 Å². The fourth-order valence-electron chi connectivity index (χ4n) is 3.48. The first kappa shape index (κ1) is 17.8. The standard InChI is InChI=1S/C20H21N5O3/c1-2-10-24-16-5-3-4-6-17(16)25(20(24)28)11-9-18(26)21-13-7-8-14-15(12-13)23-19(27)22-14/h3-8,12H,2,9-11H2,1H3,(H,21,26)(H2,22,23,27). The lowest BCUT2D eigenvalue weighted by Crippen LogP contribution is -2.26. The van der Waals surface area contributed by atoms with Crippen molar-refractivity contribution in [1.29, 1.82) is 0 Å². The number of H-pyrrole nitrogens is 2. The Labute approximate surface area is 159 Å². The van der Waals surface area contributed by atoms with Gasteiger partial charge in [0.2, 0.25) is 5.91 Å². The molecule has 0 fully saturated rings. The molecule has 0 aliphatic rings. The van der Waals surface area contributed by atoms with Gasteiger partial charge in [0.25, 0.3) is 0 Å². The van der Waals surface area contributed by atoms with E-state index in [-0.39, 0.29) is 23.7 Å². The number of rotatable bonds is 6. The molecule has 2 aromatic carbocycles. The Morgan fingerprint density at radius 2 is 1.64 bits per heavy atom. The van der Waals surface area contributed by atoms with Crippen LogP contribution in [0.15, 0.2) is 52.1 Å². The molecule has 3 N–H and O–H groups in total. The van der Waals surface area contributed by atoms with Crippen molar-refractivity contribution < 1.29 is 4.79 Å². The summed E-state index contributed by atoms with van der Waals surface area (Å²) in [6, 6.07) is 12.8. The summed E-state index contributed by atoms with van der Waals surface area (Å²) in [6.45, 7) is 2.97. The molecule has 0 spiro atoms. The minimum absolute atomic E-state index is 0.0952. The molecule has 0 aliphatic carbocycles. The summed E-state index contributed by atoms with van der Waals surface area (Å²) in [6.07, 6.45) is 1.03. The third-order valence-corrected chi connectivity index (χ3v) is 4.73. The molecule has 2 aromatic heterocycles. The molecular formula is C20H21N5O3. The van der Waals surface area contributed by atoms with E-state index in [4.69, 9.17) is 0 Å². The Balaban J connectivity index is 1.52. The number of anilines is 1. The average Bonchev–Trinajstić information content (AvgIpc) is 3.17. The van der Waals surface area contributed by atoms with Crippen molar-refractivity contribution in [2.45, 2.75) is 32.9 Å². The SMILES string of the molecule is CCCn1c(=O)n(CCC(=O)Nc2ccc3[nH]c(=O)[nH]c3c2)c2ccccc21. The number of carbonyl (C=O) groups excluding carboxylic acids is 1. The molecule has 0 aliphatic heterocycles. The molecule has 0 saturated carbocycles. The number of para-hydroxylation sites is 2. The molecule has 0 atom stereocenters. The Hall–Kier alpha value is -3.55. The van der Waals surface area contributed by atoms with Gasteiger partial charge in [-0.25, -0.2) is 9.59 Å². The lowest BCUT2D eigenvalue weighted by atomic mass is 10.2. The topological polar surface area (TPSA) is 105 Å². The second-order valence-corrected chi connectivity index (χ2v) is 6.71. The number of aromatic nitrogens is 4. The molecule has 0 radical (unpaired) electrons. The van der Waals surface area contributed by atoms with Crippen molar-refractivity contribution in [3.05, 3.63) is 63.4 Å². The van der Waals surface area contributed by atoms with E-state index in [2.05, 4.69) is 15.3 Å². The maximum Gasteiger partial charge on any atom is 0.329 e. The van der Waals surface area contributed by atoms with Crippen LogP contribution in [0.2, 0.25) is 0 Å². The number of fused-ring (bicyclic) bond motifs is 2. The molecule has 8 nitrogen and oxygen atoms in total. The highest BCUT2D eigenvalue weighted by molar-refractivity contribution is 5.93. The van der Waals surface area contributed by atoms with Gasteiger partial charge in [-0.1, -0.05) is 19.1 Å². The molecule has 8 heteroatoms. The lowest BCUT2D eigenvalue weighted by molar-refractivity contribution is -0.116. The number of aryl methyl sites for hydroxylation is 2. The fraction of sp³-hybridized carbons (Fsp3) is 0.250. The number of hydrogen-bond acceptors (Lipinski definition) is 3. The Morgan fingerprint density at radius 1 is 0.964 bits per heavy atom. The third-order valence-electron chi connectivity index (χ3n) is 4.73. The molecule has 0 bridgehead atoms. The van der Waals surface area contributed by atoms with Gasteiger partial charge >= 0.3 is 11.4 Å². The lowest BCUT2D eigenvalue weighted by Gasteiger charge is -2.06. The van der Waals surface area contributed by atoms with Crippen LogP contribution in [0, 0.1) is 0 Å². The number of hydrogen-bond donors (Lipinski definition) is 3. The monoisotopic (exact) mass is 379 g/mol. The smallest absolute Gasteiger partial charge is 0.326 e. The van der Waals surface area contributed by atoms with Crippen LogP contribution in [-0.4, -0.2) is 25.0 Å². The molecule has 0 unspecified atom stereocenters. The normalized spacial score (nSPS) is 11.3. The molecule has 2 heterocycles. The molecule has 0 saturated heterocycles. The van der Waals surface area contributed by atoms with Gasteiger partial charge in [-0.2, -0.15) is 0 Å². The van der Waals surface area contributed by atoms with Gasteiger partial charge in [0.05, 0.1) is 22.1 Å². The first-order chi connectivity index (χ1) is 13.6. The minimum Gasteiger partial charge on any atom is -0.326 e. The molecule has 4 rings (SSSR count). The van der Waals surface area contributed by atoms with Gasteiger partial charge in [0.1, 0.15) is 0 Å². The Bertz CT molecular complexity index is 1270. The maximum absolute atomic E-state index is 12.8. The summed E-state index contributed by atoms with van der Waals surface area (Å²) < 4.78 is 3.40. The summed E-state index contributed by atoms with van der Waals surface area (Å²) in [4.78, 5) is 41.8. The van der Waals surface area contributed by atoms with E-state index >= 15 is 0 Å². The van der Waals surface area contributed by atoms with Crippen LogP contribution in [0.3, 0.4) is 0 Å². The number of aromatic amines is 2. The number of nitrogens with zero attached hydrogens (tertiary/aromatic N) is 2. The summed E-state index contributed by atoms with van der Waals surface area (Å²) in [5.41, 5.74) is 3.23. The highest BCUT2D eigenvalue weighted by atomic mass is 16.2. The number of amides is 1. The summed E-state index contributed by atoms with van der Waals surface area (Å²) in [7, 11) is 0. The summed E-state index contributed by atoms with van der Waals surface area (Å²) >= 11 is 0. The average molecular weight is 379 g/mol. The van der Waals surface area contributed by atoms with E-state index in [1.165, 1.54) is 0 Å². The van der Waals surface area contributed by atoms with Gasteiger partial charge < -0.3 is 15.3 Å². The van der Waals surface area contributed by atoms with Crippen LogP contribution in [-0.2, 0) is 17.9 Å². The van der Waals surface area contributed by atoms with Crippen molar-refractivity contribution in [2.24, 2.45) is 0 Å². The highest BCUT2D eigenvalue weighted by Crippen LogP contribution is 2.16. The molecule has 4 aromatic rings. The van der Waals surface area contributed by atoms with E-state index in [1.54, 1.807) is 27.3 Å². The van der Waals surface area contributed by atoms with Crippen LogP contribution in [0.5, 0.6) is 0 Å². The van der Waals surface area contributed by atoms with E-state index < -0.39 is 0 Å². The van der Waals surface area contributed by atoms with Gasteiger partial charge in [-0.15, -0.1) is 0 Å². The zero-order valence-corrected chi connectivity index (χ0v) is 15.5. The van der Waals surface area contributed by atoms with E-state index in [1.807, 2.05) is 31.2 Å². The molecule has 144 valence electrons. The predicted molar refractivity (Wildman–Crippen MR) is 109 cm³/mol. The Morgan fingerprint density at radius 3 is 2.36 bits per heavy atom. The van der Waals surface area contributed by atoms with E-state index in [9.17, 15) is 14.4 Å². The zero-order chi connectivity index (χ0) is 19.7. The number of imidazole rings is 2. The van der Waals surface area contributed by atoms with Crippen LogP contribution in [0.25, 0.3) is 22.1 Å². The van der Waals surface area contributed by atoms with Gasteiger partial charge in [-0.3, -0.25) is 13.9 Å². The van der Waals surface area contributed by atoms with Crippen LogP contribution in [0.4, 0.5) is 5.69 Å². The van der Waals surface area contributed by atoms with E-state index in [0.717, 1.165) is 17.5 Å². The number of benzene rings is 2. The Kier molecular flexibility index (Phi) is 4.60. The van der Waals surface area contributed by atoms with Crippen molar-refractivity contribution in [3.8, 4) is 0 Å². The number of carbonyl (C=O) groups is 1. The van der Waals surface area contributed by atoms with Gasteiger partial charge in [-0.05, 0) is 36.8 Å². The highest BCUT2D eigenvalue weighted by Gasteiger charge is 2.13. The quantitative estimate of drug-likeness (QED) is 0.479. The molecule has 1 amide bonds. The zero-order valence-electron chi connectivity index (χ0n) is 15.5. The van der Waals surface area contributed by atoms with Crippen LogP contribution < -0.4 is 16.7 Å². The van der Waals surface area contributed by atoms with Gasteiger partial charge in [0.15, 0.2) is 0 Å². The second-order valence-electron chi connectivity index (χ2n) is 6.71. The molecule has 28 heavy (non-hydrogen) atoms. The predicted octanol–water partition coefficient (Wildman–Crippen LogP) is 2.41. The fourth-order valence-corrected chi connectivity index (χ4v) is 3.48.